The summed E-state index contributed by atoms with van der Waals surface area (Å²) in [6, 6.07) is 19.1. The van der Waals surface area contributed by atoms with Crippen LogP contribution in [0.15, 0.2) is 78.5 Å². The number of aliphatic hydroxyl groups excluding tert-OH is 1. The van der Waals surface area contributed by atoms with Crippen LogP contribution in [-0.4, -0.2) is 54.6 Å². The lowest BCUT2D eigenvalue weighted by Gasteiger charge is -2.25. The van der Waals surface area contributed by atoms with Gasteiger partial charge in [-0.2, -0.15) is 0 Å². The molecular weight excluding hydrogens is 484 g/mol. The van der Waals surface area contributed by atoms with Gasteiger partial charge in [0.25, 0.3) is 11.7 Å². The second kappa shape index (κ2) is 10.3. The third-order valence-electron chi connectivity index (χ3n) is 6.91. The summed E-state index contributed by atoms with van der Waals surface area (Å²) < 4.78 is 16.0. The highest BCUT2D eigenvalue weighted by Gasteiger charge is 2.45. The van der Waals surface area contributed by atoms with Crippen LogP contribution < -0.4 is 14.2 Å². The van der Waals surface area contributed by atoms with Crippen molar-refractivity contribution in [3.8, 4) is 17.2 Å². The van der Waals surface area contributed by atoms with Crippen molar-refractivity contribution >= 4 is 28.4 Å². The van der Waals surface area contributed by atoms with Gasteiger partial charge in [0.1, 0.15) is 11.5 Å². The van der Waals surface area contributed by atoms with E-state index in [1.165, 1.54) is 19.1 Å². The number of methoxy groups -OCH3 is 3. The van der Waals surface area contributed by atoms with Crippen molar-refractivity contribution in [1.29, 1.82) is 0 Å². The molecule has 0 bridgehead atoms. The number of carbonyl (C=O) groups excluding carboxylic acids is 2. The number of aromatic amines is 1. The Kier molecular flexibility index (Phi) is 6.79. The SMILES string of the molecule is COc1ccc2[nH]cc(CCN3C(=O)C(=O)C(=C(O)c4ccc(OC)c(OC)c4)[C@@H]3c3ccccc3)c2c1. The van der Waals surface area contributed by atoms with Crippen LogP contribution >= 0.6 is 0 Å². The van der Waals surface area contributed by atoms with Gasteiger partial charge < -0.3 is 29.2 Å². The molecule has 0 unspecified atom stereocenters. The number of nitrogens with zero attached hydrogens (tertiary/aromatic N) is 1. The Morgan fingerprint density at radius 3 is 2.39 bits per heavy atom. The molecule has 5 rings (SSSR count). The Bertz CT molecular complexity index is 1540. The van der Waals surface area contributed by atoms with E-state index in [1.54, 1.807) is 25.3 Å². The molecule has 1 aliphatic heterocycles. The number of hydrogen-bond donors (Lipinski definition) is 2. The van der Waals surface area contributed by atoms with Crippen LogP contribution in [0.3, 0.4) is 0 Å². The molecule has 0 spiro atoms. The van der Waals surface area contributed by atoms with E-state index in [9.17, 15) is 14.7 Å². The van der Waals surface area contributed by atoms with Crippen molar-refractivity contribution in [2.45, 2.75) is 12.5 Å². The van der Waals surface area contributed by atoms with E-state index in [1.807, 2.05) is 54.7 Å². The number of H-pyrrole nitrogens is 1. The first-order valence-corrected chi connectivity index (χ1v) is 12.2. The largest absolute Gasteiger partial charge is 0.507 e. The van der Waals surface area contributed by atoms with Gasteiger partial charge in [0.05, 0.1) is 32.9 Å². The summed E-state index contributed by atoms with van der Waals surface area (Å²) in [5.41, 5.74) is 3.07. The Labute approximate surface area is 220 Å². The zero-order chi connectivity index (χ0) is 26.8. The molecule has 1 aromatic heterocycles. The number of hydrogen-bond acceptors (Lipinski definition) is 6. The summed E-state index contributed by atoms with van der Waals surface area (Å²) in [6.07, 6.45) is 2.40. The van der Waals surface area contributed by atoms with Crippen molar-refractivity contribution < 1.29 is 28.9 Å². The minimum atomic E-state index is -0.746. The number of carbonyl (C=O) groups is 2. The second-order valence-electron chi connectivity index (χ2n) is 8.95. The fourth-order valence-corrected chi connectivity index (χ4v) is 4.96. The van der Waals surface area contributed by atoms with Gasteiger partial charge in [0, 0.05) is 29.2 Å². The van der Waals surface area contributed by atoms with E-state index in [0.717, 1.165) is 27.8 Å². The van der Waals surface area contributed by atoms with Crippen LogP contribution in [0.2, 0.25) is 0 Å². The number of amides is 1. The van der Waals surface area contributed by atoms with Crippen molar-refractivity contribution in [3.05, 3.63) is 95.2 Å². The molecule has 1 aliphatic rings. The summed E-state index contributed by atoms with van der Waals surface area (Å²) >= 11 is 0. The van der Waals surface area contributed by atoms with E-state index < -0.39 is 17.7 Å². The van der Waals surface area contributed by atoms with Gasteiger partial charge in [-0.3, -0.25) is 9.59 Å². The van der Waals surface area contributed by atoms with Gasteiger partial charge in [0.15, 0.2) is 11.5 Å². The zero-order valence-corrected chi connectivity index (χ0v) is 21.4. The molecule has 2 N–H and O–H groups in total. The fourth-order valence-electron chi connectivity index (χ4n) is 4.96. The van der Waals surface area contributed by atoms with Gasteiger partial charge in [0.2, 0.25) is 0 Å². The molecule has 194 valence electrons. The van der Waals surface area contributed by atoms with Crippen molar-refractivity contribution in [2.24, 2.45) is 0 Å². The van der Waals surface area contributed by atoms with Crippen LogP contribution in [-0.2, 0) is 16.0 Å². The summed E-state index contributed by atoms with van der Waals surface area (Å²) in [6.45, 7) is 0.275. The first-order valence-electron chi connectivity index (χ1n) is 12.2. The first-order chi connectivity index (χ1) is 18.5. The average molecular weight is 513 g/mol. The molecule has 0 radical (unpaired) electrons. The number of ketones is 1. The number of fused-ring (bicyclic) bond motifs is 1. The number of Topliss-reactive ketones (excluding diaryl/α,β-unsaturated/α-hetero) is 1. The molecule has 1 saturated heterocycles. The molecular formula is C30H28N2O6. The number of likely N-dealkylation sites (tertiary alicyclic amines) is 1. The van der Waals surface area contributed by atoms with Crippen LogP contribution in [0, 0.1) is 0 Å². The Morgan fingerprint density at radius 2 is 1.68 bits per heavy atom. The Morgan fingerprint density at radius 1 is 0.921 bits per heavy atom. The van der Waals surface area contributed by atoms with Gasteiger partial charge in [-0.15, -0.1) is 0 Å². The van der Waals surface area contributed by atoms with Gasteiger partial charge in [-0.25, -0.2) is 0 Å². The number of benzene rings is 3. The minimum Gasteiger partial charge on any atom is -0.507 e. The molecule has 1 atom stereocenters. The predicted molar refractivity (Wildman–Crippen MR) is 144 cm³/mol. The summed E-state index contributed by atoms with van der Waals surface area (Å²) in [5.74, 6) is -0.0307. The number of ether oxygens (including phenoxy) is 3. The van der Waals surface area contributed by atoms with Crippen LogP contribution in [0.4, 0.5) is 0 Å². The Hall–Kier alpha value is -4.72. The maximum absolute atomic E-state index is 13.4. The highest BCUT2D eigenvalue weighted by atomic mass is 16.5. The second-order valence-corrected chi connectivity index (χ2v) is 8.95. The minimum absolute atomic E-state index is 0.0361. The number of aromatic nitrogens is 1. The maximum atomic E-state index is 13.4. The standard InChI is InChI=1S/C30H28N2O6/c1-36-21-10-11-23-22(16-21)20(17-31-23)13-14-32-27(18-7-5-4-6-8-18)26(29(34)30(32)35)28(33)19-9-12-24(37-2)25(15-19)38-3/h4-12,15-17,27,31,33H,13-14H2,1-3H3/t27-/m0/s1. The third kappa shape index (κ3) is 4.34. The van der Waals surface area contributed by atoms with Crippen LogP contribution in [0.25, 0.3) is 16.7 Å². The molecule has 0 saturated carbocycles. The van der Waals surface area contributed by atoms with Gasteiger partial charge >= 0.3 is 0 Å². The van der Waals surface area contributed by atoms with Gasteiger partial charge in [-0.1, -0.05) is 30.3 Å². The highest BCUT2D eigenvalue weighted by Crippen LogP contribution is 2.41. The smallest absolute Gasteiger partial charge is 0.295 e. The zero-order valence-electron chi connectivity index (χ0n) is 21.4. The molecule has 0 aliphatic carbocycles. The molecule has 4 aromatic rings. The first kappa shape index (κ1) is 25.0. The summed E-state index contributed by atoms with van der Waals surface area (Å²) in [4.78, 5) is 31.5. The maximum Gasteiger partial charge on any atom is 0.295 e. The average Bonchev–Trinajstić information content (AvgIpc) is 3.48. The monoisotopic (exact) mass is 512 g/mol. The summed E-state index contributed by atoms with van der Waals surface area (Å²) in [7, 11) is 4.62. The molecule has 1 fully saturated rings. The molecule has 1 amide bonds. The van der Waals surface area contributed by atoms with E-state index in [0.29, 0.717) is 23.5 Å². The number of nitrogens with one attached hydrogen (secondary N) is 1. The van der Waals surface area contributed by atoms with Crippen molar-refractivity contribution in [2.75, 3.05) is 27.9 Å². The van der Waals surface area contributed by atoms with Gasteiger partial charge in [-0.05, 0) is 53.9 Å². The molecule has 38 heavy (non-hydrogen) atoms. The summed E-state index contributed by atoms with van der Waals surface area (Å²) in [5, 5.41) is 12.3. The lowest BCUT2D eigenvalue weighted by atomic mass is 9.95. The van der Waals surface area contributed by atoms with Crippen LogP contribution in [0.5, 0.6) is 17.2 Å². The molecule has 8 nitrogen and oxygen atoms in total. The lowest BCUT2D eigenvalue weighted by Crippen LogP contribution is -2.31. The Balaban J connectivity index is 1.55. The molecule has 2 heterocycles. The molecule has 8 heteroatoms. The highest BCUT2D eigenvalue weighted by molar-refractivity contribution is 6.46. The number of aliphatic hydroxyl groups is 1. The van der Waals surface area contributed by atoms with Crippen molar-refractivity contribution in [1.82, 2.24) is 9.88 Å². The lowest BCUT2D eigenvalue weighted by molar-refractivity contribution is -0.139. The fraction of sp³-hybridized carbons (Fsp3) is 0.200. The normalized spacial score (nSPS) is 16.7. The van der Waals surface area contributed by atoms with E-state index >= 15 is 0 Å². The van der Waals surface area contributed by atoms with E-state index in [-0.39, 0.29) is 17.9 Å². The quantitative estimate of drug-likeness (QED) is 0.199. The van der Waals surface area contributed by atoms with E-state index in [4.69, 9.17) is 14.2 Å². The third-order valence-corrected chi connectivity index (χ3v) is 6.91. The van der Waals surface area contributed by atoms with E-state index in [2.05, 4.69) is 4.98 Å². The van der Waals surface area contributed by atoms with Crippen LogP contribution in [0.1, 0.15) is 22.7 Å². The predicted octanol–water partition coefficient (Wildman–Crippen LogP) is 4.86. The number of rotatable bonds is 8. The topological polar surface area (TPSA) is 101 Å². The molecule has 3 aromatic carbocycles. The van der Waals surface area contributed by atoms with Crippen molar-refractivity contribution in [3.63, 3.8) is 0 Å².